The zero-order valence-corrected chi connectivity index (χ0v) is 14.2. The van der Waals surface area contributed by atoms with Crippen LogP contribution in [0.2, 0.25) is 0 Å². The van der Waals surface area contributed by atoms with Gasteiger partial charge in [0.2, 0.25) is 5.91 Å². The smallest absolute Gasteiger partial charge is 0.312 e. The highest BCUT2D eigenvalue weighted by Gasteiger charge is 2.31. The Labute approximate surface area is 142 Å². The fourth-order valence-electron chi connectivity index (χ4n) is 2.55. The van der Waals surface area contributed by atoms with E-state index in [-0.39, 0.29) is 12.5 Å². The zero-order valence-electron chi connectivity index (χ0n) is 14.2. The van der Waals surface area contributed by atoms with E-state index in [4.69, 9.17) is 0 Å². The van der Waals surface area contributed by atoms with Crippen LogP contribution in [0.4, 0.5) is 0 Å². The molecular weight excluding hydrogens is 302 g/mol. The number of aryl methyl sites for hydroxylation is 1. The summed E-state index contributed by atoms with van der Waals surface area (Å²) in [6.45, 7) is 5.73. The monoisotopic (exact) mass is 325 g/mol. The number of rotatable bonds is 6. The first-order chi connectivity index (χ1) is 11.3. The number of nitrogens with one attached hydrogen (secondary N) is 1. The van der Waals surface area contributed by atoms with E-state index < -0.39 is 17.3 Å². The quantitative estimate of drug-likeness (QED) is 0.857. The Morgan fingerprint density at radius 2 is 1.62 bits per heavy atom. The minimum atomic E-state index is -0.949. The molecule has 2 N–H and O–H groups in total. The van der Waals surface area contributed by atoms with Crippen molar-refractivity contribution in [3.8, 4) is 0 Å². The molecule has 0 saturated heterocycles. The minimum absolute atomic E-state index is 0.0630. The minimum Gasteiger partial charge on any atom is -0.481 e. The van der Waals surface area contributed by atoms with Crippen LogP contribution in [0.1, 0.15) is 36.5 Å². The summed E-state index contributed by atoms with van der Waals surface area (Å²) >= 11 is 0. The molecule has 1 amide bonds. The molecule has 2 rings (SSSR count). The molecular formula is C20H23NO3. The van der Waals surface area contributed by atoms with Gasteiger partial charge in [-0.25, -0.2) is 0 Å². The van der Waals surface area contributed by atoms with Crippen molar-refractivity contribution in [1.82, 2.24) is 5.32 Å². The number of carboxylic acid groups (broad SMARTS) is 1. The molecule has 0 aliphatic heterocycles. The molecule has 0 fully saturated rings. The predicted molar refractivity (Wildman–Crippen MR) is 94.0 cm³/mol. The Morgan fingerprint density at radius 3 is 2.17 bits per heavy atom. The van der Waals surface area contributed by atoms with Gasteiger partial charge in [0.1, 0.15) is 0 Å². The Morgan fingerprint density at radius 1 is 1.04 bits per heavy atom. The molecule has 126 valence electrons. The van der Waals surface area contributed by atoms with E-state index in [0.29, 0.717) is 5.56 Å². The lowest BCUT2D eigenvalue weighted by Gasteiger charge is -2.25. The highest BCUT2D eigenvalue weighted by Crippen LogP contribution is 2.24. The van der Waals surface area contributed by atoms with Gasteiger partial charge < -0.3 is 10.4 Å². The maximum absolute atomic E-state index is 12.6. The van der Waals surface area contributed by atoms with Gasteiger partial charge >= 0.3 is 5.97 Å². The van der Waals surface area contributed by atoms with Gasteiger partial charge in [0.25, 0.3) is 0 Å². The Balaban J connectivity index is 2.10. The zero-order chi connectivity index (χ0) is 17.7. The largest absolute Gasteiger partial charge is 0.481 e. The molecule has 0 spiro atoms. The van der Waals surface area contributed by atoms with Gasteiger partial charge in [-0.15, -0.1) is 0 Å². The third-order valence-electron chi connectivity index (χ3n) is 4.31. The first-order valence-corrected chi connectivity index (χ1v) is 7.95. The van der Waals surface area contributed by atoms with Gasteiger partial charge in [-0.05, 0) is 31.9 Å². The van der Waals surface area contributed by atoms with Crippen LogP contribution < -0.4 is 5.32 Å². The average molecular weight is 325 g/mol. The number of hydrogen-bond acceptors (Lipinski definition) is 2. The molecule has 2 aromatic rings. The number of amides is 1. The second-order valence-electron chi connectivity index (χ2n) is 6.50. The van der Waals surface area contributed by atoms with Crippen LogP contribution >= 0.6 is 0 Å². The Kier molecular flexibility index (Phi) is 5.39. The molecule has 0 aromatic heterocycles. The van der Waals surface area contributed by atoms with Crippen molar-refractivity contribution < 1.29 is 14.7 Å². The van der Waals surface area contributed by atoms with E-state index in [1.54, 1.807) is 24.3 Å². The van der Waals surface area contributed by atoms with Gasteiger partial charge in [-0.2, -0.15) is 0 Å². The number of aliphatic carboxylic acids is 1. The van der Waals surface area contributed by atoms with Crippen molar-refractivity contribution in [2.24, 2.45) is 0 Å². The summed E-state index contributed by atoms with van der Waals surface area (Å²) in [5.41, 5.74) is 1.98. The van der Waals surface area contributed by atoms with E-state index >= 15 is 0 Å². The van der Waals surface area contributed by atoms with Crippen molar-refractivity contribution in [2.45, 2.75) is 32.1 Å². The molecule has 0 bridgehead atoms. The molecule has 0 aliphatic carbocycles. The molecule has 0 saturated carbocycles. The van der Waals surface area contributed by atoms with E-state index in [1.165, 1.54) is 0 Å². The third-order valence-corrected chi connectivity index (χ3v) is 4.31. The lowest BCUT2D eigenvalue weighted by molar-refractivity contribution is -0.138. The standard InChI is InChI=1S/C20H23NO3/c1-14-9-11-16(12-10-14)20(2,3)19(24)21-13-17(18(22)23)15-7-5-4-6-8-15/h4-12,17H,13H2,1-3H3,(H,21,24)(H,22,23). The lowest BCUT2D eigenvalue weighted by atomic mass is 9.83. The van der Waals surface area contributed by atoms with Crippen molar-refractivity contribution in [3.05, 3.63) is 71.3 Å². The summed E-state index contributed by atoms with van der Waals surface area (Å²) in [5, 5.41) is 12.2. The lowest BCUT2D eigenvalue weighted by Crippen LogP contribution is -2.42. The fourth-order valence-corrected chi connectivity index (χ4v) is 2.55. The molecule has 0 aliphatic rings. The van der Waals surface area contributed by atoms with Crippen molar-refractivity contribution >= 4 is 11.9 Å². The molecule has 2 aromatic carbocycles. The van der Waals surface area contributed by atoms with Crippen LogP contribution in [0, 0.1) is 6.92 Å². The maximum atomic E-state index is 12.6. The van der Waals surface area contributed by atoms with Gasteiger partial charge in [0.05, 0.1) is 11.3 Å². The molecule has 1 unspecified atom stereocenters. The molecule has 4 heteroatoms. The summed E-state index contributed by atoms with van der Waals surface area (Å²) in [7, 11) is 0. The molecule has 0 heterocycles. The van der Waals surface area contributed by atoms with E-state index in [0.717, 1.165) is 11.1 Å². The summed E-state index contributed by atoms with van der Waals surface area (Å²) in [6, 6.07) is 16.7. The highest BCUT2D eigenvalue weighted by atomic mass is 16.4. The Hall–Kier alpha value is -2.62. The second-order valence-corrected chi connectivity index (χ2v) is 6.50. The molecule has 4 nitrogen and oxygen atoms in total. The number of carboxylic acids is 1. The molecule has 1 atom stereocenters. The van der Waals surface area contributed by atoms with Gasteiger partial charge in [-0.1, -0.05) is 60.2 Å². The topological polar surface area (TPSA) is 66.4 Å². The Bertz CT molecular complexity index is 705. The maximum Gasteiger partial charge on any atom is 0.312 e. The highest BCUT2D eigenvalue weighted by molar-refractivity contribution is 5.88. The van der Waals surface area contributed by atoms with E-state index in [1.807, 2.05) is 51.1 Å². The first-order valence-electron chi connectivity index (χ1n) is 7.95. The second kappa shape index (κ2) is 7.30. The third kappa shape index (κ3) is 4.02. The van der Waals surface area contributed by atoms with Crippen LogP contribution in [-0.2, 0) is 15.0 Å². The van der Waals surface area contributed by atoms with Crippen LogP contribution in [0.15, 0.2) is 54.6 Å². The molecule has 24 heavy (non-hydrogen) atoms. The average Bonchev–Trinajstić information content (AvgIpc) is 2.56. The van der Waals surface area contributed by atoms with E-state index in [2.05, 4.69) is 5.32 Å². The summed E-state index contributed by atoms with van der Waals surface area (Å²) < 4.78 is 0. The van der Waals surface area contributed by atoms with Gasteiger partial charge in [-0.3, -0.25) is 9.59 Å². The van der Waals surface area contributed by atoms with Gasteiger partial charge in [0.15, 0.2) is 0 Å². The van der Waals surface area contributed by atoms with Gasteiger partial charge in [0, 0.05) is 6.54 Å². The number of hydrogen-bond donors (Lipinski definition) is 2. The number of carbonyl (C=O) groups excluding carboxylic acids is 1. The van der Waals surface area contributed by atoms with Crippen LogP contribution in [0.5, 0.6) is 0 Å². The van der Waals surface area contributed by atoms with Crippen molar-refractivity contribution in [2.75, 3.05) is 6.54 Å². The van der Waals surface area contributed by atoms with Crippen LogP contribution in [-0.4, -0.2) is 23.5 Å². The SMILES string of the molecule is Cc1ccc(C(C)(C)C(=O)NCC(C(=O)O)c2ccccc2)cc1. The first kappa shape index (κ1) is 17.7. The summed E-state index contributed by atoms with van der Waals surface area (Å²) in [5.74, 6) is -1.90. The fraction of sp³-hybridized carbons (Fsp3) is 0.300. The summed E-state index contributed by atoms with van der Waals surface area (Å²) in [6.07, 6.45) is 0. The summed E-state index contributed by atoms with van der Waals surface area (Å²) in [4.78, 5) is 24.1. The predicted octanol–water partition coefficient (Wildman–Crippen LogP) is 3.26. The molecule has 0 radical (unpaired) electrons. The normalized spacial score (nSPS) is 12.5. The van der Waals surface area contributed by atoms with Crippen LogP contribution in [0.3, 0.4) is 0 Å². The van der Waals surface area contributed by atoms with E-state index in [9.17, 15) is 14.7 Å². The van der Waals surface area contributed by atoms with Crippen LogP contribution in [0.25, 0.3) is 0 Å². The van der Waals surface area contributed by atoms with Crippen molar-refractivity contribution in [3.63, 3.8) is 0 Å². The number of carbonyl (C=O) groups is 2. The van der Waals surface area contributed by atoms with Crippen molar-refractivity contribution in [1.29, 1.82) is 0 Å². The number of benzene rings is 2.